The Morgan fingerprint density at radius 2 is 1.85 bits per heavy atom. The molecule has 59 heavy (non-hydrogen) atoms. The number of nitrogens with zero attached hydrogens (tertiary/aromatic N) is 6. The molecule has 1 aromatic heterocycles. The van der Waals surface area contributed by atoms with Crippen LogP contribution in [0.4, 0.5) is 35.9 Å². The number of amides is 3. The highest BCUT2D eigenvalue weighted by molar-refractivity contribution is 7.81. The van der Waals surface area contributed by atoms with Crippen molar-refractivity contribution >= 4 is 57.8 Å². The Hall–Kier alpha value is -5.35. The number of nitrogens with one attached hydrogen (secondary N) is 3. The van der Waals surface area contributed by atoms with Crippen LogP contribution in [0.1, 0.15) is 62.3 Å². The van der Waals surface area contributed by atoms with Gasteiger partial charge in [-0.05, 0) is 105 Å². The highest BCUT2D eigenvalue weighted by atomic mass is 32.1. The molecule has 14 nitrogen and oxygen atoms in total. The van der Waals surface area contributed by atoms with E-state index in [1.807, 2.05) is 37.3 Å². The third-order valence-corrected chi connectivity index (χ3v) is 12.5. The molecule has 2 bridgehead atoms. The van der Waals surface area contributed by atoms with Gasteiger partial charge in [-0.25, -0.2) is 4.98 Å². The number of hydrogen-bond donors (Lipinski definition) is 4. The van der Waals surface area contributed by atoms with Crippen LogP contribution in [0.25, 0.3) is 0 Å². The van der Waals surface area contributed by atoms with Crippen LogP contribution in [0.2, 0.25) is 0 Å². The number of fused-ring (bicyclic) bond motifs is 2. The van der Waals surface area contributed by atoms with E-state index in [0.29, 0.717) is 74.1 Å². The summed E-state index contributed by atoms with van der Waals surface area (Å²) in [7, 11) is 0. The number of aliphatic hydroxyl groups excluding tert-OH is 1. The van der Waals surface area contributed by atoms with E-state index >= 15 is 0 Å². The van der Waals surface area contributed by atoms with Crippen LogP contribution in [0, 0.1) is 11.3 Å². The predicted octanol–water partition coefficient (Wildman–Crippen LogP) is 4.38. The molecule has 1 saturated carbocycles. The van der Waals surface area contributed by atoms with Crippen molar-refractivity contribution in [2.45, 2.75) is 87.9 Å². The van der Waals surface area contributed by atoms with Crippen LogP contribution >= 0.6 is 12.2 Å². The van der Waals surface area contributed by atoms with Crippen LogP contribution in [0.5, 0.6) is 5.75 Å². The van der Waals surface area contributed by atoms with Gasteiger partial charge in [-0.2, -0.15) is 18.4 Å². The van der Waals surface area contributed by atoms with E-state index in [4.69, 9.17) is 17.0 Å². The van der Waals surface area contributed by atoms with Crippen molar-refractivity contribution < 1.29 is 37.4 Å². The van der Waals surface area contributed by atoms with E-state index in [0.717, 1.165) is 48.7 Å². The van der Waals surface area contributed by atoms with Crippen molar-refractivity contribution in [2.24, 2.45) is 0 Å². The molecular formula is C41H44F3N9O5S. The van der Waals surface area contributed by atoms with E-state index < -0.39 is 41.1 Å². The van der Waals surface area contributed by atoms with Gasteiger partial charge in [0.05, 0.1) is 24.0 Å². The number of benzene rings is 2. The van der Waals surface area contributed by atoms with E-state index in [9.17, 15) is 37.9 Å². The second-order valence-corrected chi connectivity index (χ2v) is 16.1. The molecule has 4 atom stereocenters. The lowest BCUT2D eigenvalue weighted by Crippen LogP contribution is -2.55. The van der Waals surface area contributed by atoms with Crippen LogP contribution in [-0.2, 0) is 27.0 Å². The SMILES string of the molecule is CCc1cc(N2C(=S)N(c3cnc(C#N)c(C(F)(F)F)c3)C(=O)C23CCC3)ccc1OCCN1CC2C[C@@H]1CN2CC(=O)Nc1cccc(NC2CCC(O)NC2=O)c1. The van der Waals surface area contributed by atoms with Crippen LogP contribution < -0.4 is 30.5 Å². The van der Waals surface area contributed by atoms with Gasteiger partial charge >= 0.3 is 6.18 Å². The maximum atomic E-state index is 13.9. The molecule has 3 aromatic rings. The first-order chi connectivity index (χ1) is 28.3. The number of anilines is 4. The van der Waals surface area contributed by atoms with Crippen molar-refractivity contribution in [3.63, 3.8) is 0 Å². The fourth-order valence-corrected chi connectivity index (χ4v) is 9.46. The number of aliphatic hydroxyl groups is 1. The third-order valence-electron chi connectivity index (χ3n) is 12.1. The number of thiocarbonyl (C=S) groups is 1. The Morgan fingerprint density at radius 3 is 2.53 bits per heavy atom. The molecule has 4 saturated heterocycles. The highest BCUT2D eigenvalue weighted by Crippen LogP contribution is 2.49. The average molecular weight is 832 g/mol. The maximum Gasteiger partial charge on any atom is 0.419 e. The van der Waals surface area contributed by atoms with Gasteiger partial charge in [-0.1, -0.05) is 13.0 Å². The quantitative estimate of drug-likeness (QED) is 0.191. The number of hydrogen-bond acceptors (Lipinski definition) is 11. The molecule has 4 N–H and O–H groups in total. The molecule has 8 rings (SSSR count). The lowest BCUT2D eigenvalue weighted by molar-refractivity contribution is -0.138. The molecule has 5 fully saturated rings. The number of pyridine rings is 1. The van der Waals surface area contributed by atoms with Crippen molar-refractivity contribution in [1.82, 2.24) is 20.1 Å². The summed E-state index contributed by atoms with van der Waals surface area (Å²) in [6.07, 6.45) is -0.310. The van der Waals surface area contributed by atoms with Gasteiger partial charge in [0.25, 0.3) is 5.91 Å². The Balaban J connectivity index is 0.851. The van der Waals surface area contributed by atoms with Gasteiger partial charge < -0.3 is 30.7 Å². The molecular weight excluding hydrogens is 788 g/mol. The van der Waals surface area contributed by atoms with Crippen LogP contribution in [-0.4, -0.2) is 105 Å². The number of piperidine rings is 1. The number of halogens is 3. The molecule has 3 unspecified atom stereocenters. The summed E-state index contributed by atoms with van der Waals surface area (Å²) in [4.78, 5) is 50.4. The smallest absolute Gasteiger partial charge is 0.419 e. The lowest BCUT2D eigenvalue weighted by atomic mass is 9.75. The minimum Gasteiger partial charge on any atom is -0.492 e. The summed E-state index contributed by atoms with van der Waals surface area (Å²) >= 11 is 5.79. The molecule has 5 heterocycles. The normalized spacial score (nSPS) is 24.0. The van der Waals surface area contributed by atoms with Crippen molar-refractivity contribution in [2.75, 3.05) is 53.2 Å². The molecule has 1 spiro atoms. The van der Waals surface area contributed by atoms with Gasteiger partial charge in [0.2, 0.25) is 11.8 Å². The summed E-state index contributed by atoms with van der Waals surface area (Å²) in [6, 6.07) is 15.2. The molecule has 1 aliphatic carbocycles. The second-order valence-electron chi connectivity index (χ2n) is 15.7. The number of aryl methyl sites for hydroxylation is 1. The van der Waals surface area contributed by atoms with Crippen molar-refractivity contribution in [3.8, 4) is 11.8 Å². The van der Waals surface area contributed by atoms with Crippen LogP contribution in [0.3, 0.4) is 0 Å². The first kappa shape index (κ1) is 40.4. The zero-order valence-corrected chi connectivity index (χ0v) is 33.1. The van der Waals surface area contributed by atoms with Crippen LogP contribution in [0.15, 0.2) is 54.7 Å². The Kier molecular flexibility index (Phi) is 11.0. The van der Waals surface area contributed by atoms with E-state index in [1.165, 1.54) is 6.07 Å². The minimum atomic E-state index is -4.84. The molecule has 5 aliphatic rings. The summed E-state index contributed by atoms with van der Waals surface area (Å²) in [6.45, 7) is 4.98. The molecule has 2 aromatic carbocycles. The first-order valence-corrected chi connectivity index (χ1v) is 20.2. The Labute approximate surface area is 344 Å². The average Bonchev–Trinajstić information content (AvgIpc) is 3.84. The Bertz CT molecular complexity index is 2210. The number of carbonyl (C=O) groups is 3. The zero-order valence-electron chi connectivity index (χ0n) is 32.3. The number of alkyl halides is 3. The van der Waals surface area contributed by atoms with Gasteiger partial charge in [0, 0.05) is 48.8 Å². The van der Waals surface area contributed by atoms with Crippen molar-refractivity contribution in [3.05, 3.63) is 71.5 Å². The van der Waals surface area contributed by atoms with Gasteiger partial charge in [0.1, 0.15) is 36.2 Å². The van der Waals surface area contributed by atoms with Gasteiger partial charge in [0.15, 0.2) is 10.8 Å². The molecule has 18 heteroatoms. The molecule has 310 valence electrons. The molecule has 3 amide bonds. The van der Waals surface area contributed by atoms with E-state index in [1.54, 1.807) is 17.0 Å². The zero-order chi connectivity index (χ0) is 41.6. The lowest BCUT2D eigenvalue weighted by Gasteiger charge is -2.43. The minimum absolute atomic E-state index is 0.0524. The number of ether oxygens (including phenoxy) is 1. The van der Waals surface area contributed by atoms with E-state index in [-0.39, 0.29) is 35.2 Å². The third kappa shape index (κ3) is 7.79. The number of rotatable bonds is 12. The summed E-state index contributed by atoms with van der Waals surface area (Å²) in [5.41, 5.74) is -0.291. The highest BCUT2D eigenvalue weighted by Gasteiger charge is 2.60. The summed E-state index contributed by atoms with van der Waals surface area (Å²) in [5, 5.41) is 27.6. The fourth-order valence-electron chi connectivity index (χ4n) is 8.99. The number of carbonyl (C=O) groups excluding carboxylic acids is 3. The van der Waals surface area contributed by atoms with Crippen molar-refractivity contribution in [1.29, 1.82) is 5.26 Å². The predicted molar refractivity (Wildman–Crippen MR) is 216 cm³/mol. The number of nitriles is 1. The standard InChI is InChI=1S/C41H44F3N9O5S/c1-2-24-15-27(53-39(59)52(38(57)40(53)11-4-12-40)28-18-31(41(42,43)44)33(19-45)46-20-28)7-9-34(24)58-14-13-50-21-30-17-29(50)22-51(30)23-36(55)48-26-6-3-5-25(16-26)47-32-8-10-35(54)49-37(32)56/h3,5-7,9,15-16,18,20,29-30,32,35,47,54H,2,4,8,10-14,17,21-23H2,1H3,(H,48,55)(H,49,56)/t29-,30?,32?,35?/m1/s1. The molecule has 4 aliphatic heterocycles. The number of likely N-dealkylation sites (tertiary alicyclic amines) is 2. The summed E-state index contributed by atoms with van der Waals surface area (Å²) < 4.78 is 47.8. The fraction of sp³-hybridized carbons (Fsp3) is 0.463. The van der Waals surface area contributed by atoms with Gasteiger partial charge in [-0.3, -0.25) is 29.1 Å². The number of aromatic nitrogens is 1. The van der Waals surface area contributed by atoms with Gasteiger partial charge in [-0.15, -0.1) is 0 Å². The number of piperazine rings is 1. The van der Waals surface area contributed by atoms with E-state index in [2.05, 4.69) is 30.7 Å². The molecule has 0 radical (unpaired) electrons. The maximum absolute atomic E-state index is 13.9. The topological polar surface area (TPSA) is 166 Å². The first-order valence-electron chi connectivity index (χ1n) is 19.8. The Morgan fingerprint density at radius 1 is 1.08 bits per heavy atom. The second kappa shape index (κ2) is 16.0. The monoisotopic (exact) mass is 831 g/mol. The summed E-state index contributed by atoms with van der Waals surface area (Å²) in [5.74, 6) is -0.101. The largest absolute Gasteiger partial charge is 0.492 e.